The highest BCUT2D eigenvalue weighted by atomic mass is 16.8. The molecular weight excluding hydrogens is 288 g/mol. The third-order valence-corrected chi connectivity index (χ3v) is 1.58. The van der Waals surface area contributed by atoms with E-state index < -0.39 is 37.8 Å². The van der Waals surface area contributed by atoms with E-state index in [0.29, 0.717) is 0 Å². The minimum absolute atomic E-state index is 0.458. The van der Waals surface area contributed by atoms with Crippen LogP contribution >= 0.6 is 0 Å². The second-order valence-corrected chi connectivity index (χ2v) is 2.97. The first-order valence-electron chi connectivity index (χ1n) is 5.40. The molecule has 0 fully saturated rings. The first-order valence-corrected chi connectivity index (χ1v) is 5.40. The summed E-state index contributed by atoms with van der Waals surface area (Å²) in [6.07, 6.45) is -1.90. The Bertz CT molecular complexity index is 376. The highest BCUT2D eigenvalue weighted by molar-refractivity contribution is 5.62. The average Bonchev–Trinajstić information content (AvgIpc) is 2.42. The van der Waals surface area contributed by atoms with E-state index >= 15 is 0 Å². The molecule has 21 heavy (non-hydrogen) atoms. The fourth-order valence-corrected chi connectivity index (χ4v) is 0.874. The molecular formula is C12H14O9. The maximum atomic E-state index is 11.1. The van der Waals surface area contributed by atoms with Crippen LogP contribution < -0.4 is 0 Å². The van der Waals surface area contributed by atoms with Crippen molar-refractivity contribution in [2.24, 2.45) is 0 Å². The zero-order valence-electron chi connectivity index (χ0n) is 11.0. The standard InChI is InChI=1S/C12H14O9/c1-4-16-10(13)19-7-9(21-12(15)18-6-3)8-20-11(14)17-5-2/h4-6,9H,1-3,7-8H2. The van der Waals surface area contributed by atoms with E-state index in [9.17, 15) is 14.4 Å². The van der Waals surface area contributed by atoms with E-state index in [1.807, 2.05) is 0 Å². The summed E-state index contributed by atoms with van der Waals surface area (Å²) >= 11 is 0. The van der Waals surface area contributed by atoms with Gasteiger partial charge in [0.25, 0.3) is 0 Å². The highest BCUT2D eigenvalue weighted by Gasteiger charge is 2.20. The number of hydrogen-bond donors (Lipinski definition) is 0. The predicted octanol–water partition coefficient (Wildman–Crippen LogP) is 2.25. The summed E-state index contributed by atoms with van der Waals surface area (Å²) in [5.41, 5.74) is 0. The average molecular weight is 302 g/mol. The summed E-state index contributed by atoms with van der Waals surface area (Å²) in [6, 6.07) is 0. The van der Waals surface area contributed by atoms with Crippen LogP contribution in [-0.2, 0) is 28.4 Å². The first kappa shape index (κ1) is 18.0. The molecule has 0 unspecified atom stereocenters. The summed E-state index contributed by atoms with van der Waals surface area (Å²) in [7, 11) is 0. The van der Waals surface area contributed by atoms with Crippen LogP contribution in [0.1, 0.15) is 0 Å². The van der Waals surface area contributed by atoms with Crippen LogP contribution in [-0.4, -0.2) is 37.8 Å². The number of carbonyl (C=O) groups excluding carboxylic acids is 3. The van der Waals surface area contributed by atoms with Crippen molar-refractivity contribution in [3.63, 3.8) is 0 Å². The smallest absolute Gasteiger partial charge is 0.430 e. The molecule has 116 valence electrons. The number of carbonyl (C=O) groups is 3. The molecule has 0 amide bonds. The molecule has 0 atom stereocenters. The maximum Gasteiger partial charge on any atom is 0.513 e. The van der Waals surface area contributed by atoms with Crippen LogP contribution in [0.3, 0.4) is 0 Å². The van der Waals surface area contributed by atoms with Crippen molar-refractivity contribution in [3.05, 3.63) is 38.5 Å². The molecule has 0 radical (unpaired) electrons. The van der Waals surface area contributed by atoms with Gasteiger partial charge >= 0.3 is 18.5 Å². The molecule has 0 saturated heterocycles. The van der Waals surface area contributed by atoms with Crippen molar-refractivity contribution in [2.75, 3.05) is 13.2 Å². The summed E-state index contributed by atoms with van der Waals surface area (Å²) in [4.78, 5) is 33.0. The normalized spacial score (nSPS) is 9.00. The molecule has 9 heteroatoms. The molecule has 0 aliphatic heterocycles. The monoisotopic (exact) mass is 302 g/mol. The SMILES string of the molecule is C=COC(=O)OCC(COC(=O)OC=C)OC(=O)OC=C. The third kappa shape index (κ3) is 9.59. The Morgan fingerprint density at radius 3 is 1.52 bits per heavy atom. The van der Waals surface area contributed by atoms with Crippen molar-refractivity contribution in [2.45, 2.75) is 6.10 Å². The van der Waals surface area contributed by atoms with Gasteiger partial charge in [0.15, 0.2) is 6.10 Å². The van der Waals surface area contributed by atoms with E-state index in [4.69, 9.17) is 4.74 Å². The number of rotatable bonds is 8. The molecule has 0 saturated carbocycles. The lowest BCUT2D eigenvalue weighted by Gasteiger charge is -2.16. The molecule has 0 aliphatic rings. The molecule has 0 rings (SSSR count). The van der Waals surface area contributed by atoms with Crippen LogP contribution in [0.2, 0.25) is 0 Å². The van der Waals surface area contributed by atoms with Gasteiger partial charge in [0.2, 0.25) is 0 Å². The Hall–Kier alpha value is -2.97. The summed E-state index contributed by atoms with van der Waals surface area (Å²) in [6.45, 7) is 8.52. The van der Waals surface area contributed by atoms with Crippen molar-refractivity contribution < 1.29 is 42.8 Å². The van der Waals surface area contributed by atoms with E-state index in [-0.39, 0.29) is 0 Å². The first-order chi connectivity index (χ1) is 10.0. The fourth-order valence-electron chi connectivity index (χ4n) is 0.874. The van der Waals surface area contributed by atoms with Crippen LogP contribution in [0, 0.1) is 0 Å². The van der Waals surface area contributed by atoms with Gasteiger partial charge < -0.3 is 28.4 Å². The van der Waals surface area contributed by atoms with Crippen molar-refractivity contribution >= 4 is 18.5 Å². The van der Waals surface area contributed by atoms with Gasteiger partial charge in [-0.3, -0.25) is 0 Å². The molecule has 9 nitrogen and oxygen atoms in total. The molecule has 0 aromatic heterocycles. The Morgan fingerprint density at radius 1 is 0.762 bits per heavy atom. The predicted molar refractivity (Wildman–Crippen MR) is 66.8 cm³/mol. The molecule has 0 aromatic carbocycles. The zero-order valence-corrected chi connectivity index (χ0v) is 11.0. The second kappa shape index (κ2) is 10.9. The highest BCUT2D eigenvalue weighted by Crippen LogP contribution is 2.01. The molecule has 0 aromatic rings. The van der Waals surface area contributed by atoms with Crippen LogP contribution in [0.15, 0.2) is 38.5 Å². The minimum atomic E-state index is -1.15. The van der Waals surface area contributed by atoms with E-state index in [2.05, 4.69) is 43.4 Å². The Kier molecular flexibility index (Phi) is 9.36. The summed E-state index contributed by atoms with van der Waals surface area (Å²) in [5.74, 6) is 0. The van der Waals surface area contributed by atoms with Crippen molar-refractivity contribution in [3.8, 4) is 0 Å². The lowest BCUT2D eigenvalue weighted by molar-refractivity contribution is -0.0303. The minimum Gasteiger partial charge on any atom is -0.430 e. The maximum absolute atomic E-state index is 11.1. The summed E-state index contributed by atoms with van der Waals surface area (Å²) < 4.78 is 26.7. The summed E-state index contributed by atoms with van der Waals surface area (Å²) in [5, 5.41) is 0. The number of ether oxygens (including phenoxy) is 6. The van der Waals surface area contributed by atoms with Gasteiger partial charge in [-0.15, -0.1) is 0 Å². The van der Waals surface area contributed by atoms with Gasteiger partial charge in [0, 0.05) is 0 Å². The fraction of sp³-hybridized carbons (Fsp3) is 0.250. The van der Waals surface area contributed by atoms with Crippen LogP contribution in [0.4, 0.5) is 14.4 Å². The second-order valence-electron chi connectivity index (χ2n) is 2.97. The third-order valence-electron chi connectivity index (χ3n) is 1.58. The quantitative estimate of drug-likeness (QED) is 0.379. The van der Waals surface area contributed by atoms with E-state index in [1.165, 1.54) is 0 Å². The van der Waals surface area contributed by atoms with Gasteiger partial charge in [0.1, 0.15) is 13.2 Å². The lowest BCUT2D eigenvalue weighted by atomic mass is 10.4. The van der Waals surface area contributed by atoms with Crippen LogP contribution in [0.25, 0.3) is 0 Å². The van der Waals surface area contributed by atoms with Crippen LogP contribution in [0.5, 0.6) is 0 Å². The molecule has 0 N–H and O–H groups in total. The molecule has 0 aliphatic carbocycles. The lowest BCUT2D eigenvalue weighted by Crippen LogP contribution is -2.30. The topological polar surface area (TPSA) is 107 Å². The molecule has 0 bridgehead atoms. The van der Waals surface area contributed by atoms with Crippen molar-refractivity contribution in [1.82, 2.24) is 0 Å². The molecule has 0 spiro atoms. The molecule has 0 heterocycles. The largest absolute Gasteiger partial charge is 0.513 e. The van der Waals surface area contributed by atoms with Gasteiger partial charge in [-0.2, -0.15) is 0 Å². The van der Waals surface area contributed by atoms with Gasteiger partial charge in [-0.1, -0.05) is 19.7 Å². The Morgan fingerprint density at radius 2 is 1.14 bits per heavy atom. The zero-order chi connectivity index (χ0) is 16.1. The van der Waals surface area contributed by atoms with Gasteiger partial charge in [-0.25, -0.2) is 14.4 Å². The van der Waals surface area contributed by atoms with Gasteiger partial charge in [0.05, 0.1) is 18.8 Å². The van der Waals surface area contributed by atoms with E-state index in [0.717, 1.165) is 18.8 Å². The van der Waals surface area contributed by atoms with Gasteiger partial charge in [-0.05, 0) is 0 Å². The Balaban J connectivity index is 4.38. The van der Waals surface area contributed by atoms with E-state index in [1.54, 1.807) is 0 Å². The number of hydrogen-bond acceptors (Lipinski definition) is 9. The Labute approximate surface area is 120 Å². The van der Waals surface area contributed by atoms with Crippen molar-refractivity contribution in [1.29, 1.82) is 0 Å².